The predicted molar refractivity (Wildman–Crippen MR) is 74.1 cm³/mol. The molecule has 0 saturated carbocycles. The van der Waals surface area contributed by atoms with Crippen LogP contribution in [0.4, 0.5) is 0 Å². The van der Waals surface area contributed by atoms with Crippen LogP contribution < -0.4 is 9.47 Å². The van der Waals surface area contributed by atoms with Crippen LogP contribution in [-0.2, 0) is 0 Å². The standard InChI is InChI=1S/C14H12ClNO5/c1-6(2)11-12(9-4-8(14(17)18)16-21-9)7(15)3-10-13(11)20-5-19-10/h3-4,6H,5H2,1-2H3,(H,17,18). The van der Waals surface area contributed by atoms with Gasteiger partial charge in [0, 0.05) is 23.3 Å². The van der Waals surface area contributed by atoms with E-state index in [-0.39, 0.29) is 18.4 Å². The Hall–Kier alpha value is -2.21. The summed E-state index contributed by atoms with van der Waals surface area (Å²) in [7, 11) is 0. The molecule has 1 aliphatic rings. The van der Waals surface area contributed by atoms with Crippen LogP contribution in [0, 0.1) is 0 Å². The fourth-order valence-electron chi connectivity index (χ4n) is 2.33. The Morgan fingerprint density at radius 3 is 2.76 bits per heavy atom. The number of hydrogen-bond acceptors (Lipinski definition) is 5. The van der Waals surface area contributed by atoms with Crippen LogP contribution in [0.1, 0.15) is 35.8 Å². The molecule has 0 atom stereocenters. The van der Waals surface area contributed by atoms with Crippen molar-refractivity contribution in [1.82, 2.24) is 5.16 Å². The van der Waals surface area contributed by atoms with Crippen molar-refractivity contribution in [3.05, 3.63) is 28.4 Å². The van der Waals surface area contributed by atoms with E-state index in [1.807, 2.05) is 13.8 Å². The number of ether oxygens (including phenoxy) is 2. The predicted octanol–water partition coefficient (Wildman–Crippen LogP) is 3.55. The van der Waals surface area contributed by atoms with Gasteiger partial charge in [0.25, 0.3) is 0 Å². The first kappa shape index (κ1) is 13.8. The molecule has 7 heteroatoms. The number of rotatable bonds is 3. The maximum atomic E-state index is 10.9. The molecule has 110 valence electrons. The molecular formula is C14H12ClNO5. The second kappa shape index (κ2) is 4.96. The van der Waals surface area contributed by atoms with Gasteiger partial charge in [-0.05, 0) is 5.92 Å². The largest absolute Gasteiger partial charge is 0.476 e. The van der Waals surface area contributed by atoms with Crippen LogP contribution in [0.2, 0.25) is 5.02 Å². The average molecular weight is 310 g/mol. The third-order valence-electron chi connectivity index (χ3n) is 3.21. The van der Waals surface area contributed by atoms with Crippen LogP contribution in [-0.4, -0.2) is 23.0 Å². The van der Waals surface area contributed by atoms with E-state index in [1.165, 1.54) is 6.07 Å². The zero-order valence-electron chi connectivity index (χ0n) is 11.3. The fraction of sp³-hybridized carbons (Fsp3) is 0.286. The van der Waals surface area contributed by atoms with E-state index in [0.29, 0.717) is 27.8 Å². The summed E-state index contributed by atoms with van der Waals surface area (Å²) >= 11 is 6.31. The summed E-state index contributed by atoms with van der Waals surface area (Å²) in [6.07, 6.45) is 0. The number of benzene rings is 1. The Morgan fingerprint density at radius 2 is 2.14 bits per heavy atom. The molecule has 1 aromatic carbocycles. The highest BCUT2D eigenvalue weighted by Crippen LogP contribution is 2.48. The van der Waals surface area contributed by atoms with Gasteiger partial charge in [0.1, 0.15) is 0 Å². The molecule has 1 N–H and O–H groups in total. The number of carboxylic acids is 1. The first-order valence-corrected chi connectivity index (χ1v) is 6.69. The van der Waals surface area contributed by atoms with Crippen molar-refractivity contribution < 1.29 is 23.9 Å². The summed E-state index contributed by atoms with van der Waals surface area (Å²) < 4.78 is 16.0. The minimum absolute atomic E-state index is 0.0764. The van der Waals surface area contributed by atoms with E-state index in [9.17, 15) is 4.79 Å². The molecule has 0 unspecified atom stereocenters. The van der Waals surface area contributed by atoms with E-state index in [1.54, 1.807) is 6.07 Å². The molecule has 0 bridgehead atoms. The SMILES string of the molecule is CC(C)c1c2c(cc(Cl)c1-c1cc(C(=O)O)no1)OCO2. The average Bonchev–Trinajstić information content (AvgIpc) is 3.04. The van der Waals surface area contributed by atoms with Gasteiger partial charge in [-0.2, -0.15) is 0 Å². The molecule has 6 nitrogen and oxygen atoms in total. The van der Waals surface area contributed by atoms with Crippen LogP contribution in [0.15, 0.2) is 16.7 Å². The third-order valence-corrected chi connectivity index (χ3v) is 3.50. The Labute approximate surface area is 125 Å². The van der Waals surface area contributed by atoms with Crippen LogP contribution in [0.25, 0.3) is 11.3 Å². The second-order valence-corrected chi connectivity index (χ2v) is 5.32. The highest BCUT2D eigenvalue weighted by Gasteiger charge is 2.28. The first-order valence-electron chi connectivity index (χ1n) is 6.31. The third kappa shape index (κ3) is 2.21. The zero-order chi connectivity index (χ0) is 15.1. The lowest BCUT2D eigenvalue weighted by Gasteiger charge is -2.15. The lowest BCUT2D eigenvalue weighted by atomic mass is 9.94. The van der Waals surface area contributed by atoms with Crippen molar-refractivity contribution in [2.24, 2.45) is 0 Å². The second-order valence-electron chi connectivity index (χ2n) is 4.92. The normalized spacial score (nSPS) is 13.0. The van der Waals surface area contributed by atoms with E-state index in [2.05, 4.69) is 5.16 Å². The number of halogens is 1. The number of carbonyl (C=O) groups is 1. The summed E-state index contributed by atoms with van der Waals surface area (Å²) in [5.41, 5.74) is 1.22. The number of nitrogens with zero attached hydrogens (tertiary/aromatic N) is 1. The first-order chi connectivity index (χ1) is 9.99. The molecule has 2 heterocycles. The summed E-state index contributed by atoms with van der Waals surface area (Å²) in [4.78, 5) is 10.9. The van der Waals surface area contributed by atoms with Crippen molar-refractivity contribution in [3.8, 4) is 22.8 Å². The maximum Gasteiger partial charge on any atom is 0.358 e. The molecule has 0 radical (unpaired) electrons. The number of fused-ring (bicyclic) bond motifs is 1. The lowest BCUT2D eigenvalue weighted by Crippen LogP contribution is -1.98. The summed E-state index contributed by atoms with van der Waals surface area (Å²) in [5, 5.41) is 12.9. The van der Waals surface area contributed by atoms with E-state index >= 15 is 0 Å². The highest BCUT2D eigenvalue weighted by atomic mass is 35.5. The molecule has 1 aromatic heterocycles. The van der Waals surface area contributed by atoms with Crippen molar-refractivity contribution in [2.75, 3.05) is 6.79 Å². The van der Waals surface area contributed by atoms with Gasteiger partial charge in [-0.25, -0.2) is 4.79 Å². The topological polar surface area (TPSA) is 81.8 Å². The minimum atomic E-state index is -1.16. The Balaban J connectivity index is 2.23. The van der Waals surface area contributed by atoms with Gasteiger partial charge >= 0.3 is 5.97 Å². The van der Waals surface area contributed by atoms with Crippen LogP contribution in [0.3, 0.4) is 0 Å². The number of aromatic carboxylic acids is 1. The highest BCUT2D eigenvalue weighted by molar-refractivity contribution is 6.33. The molecule has 3 rings (SSSR count). The maximum absolute atomic E-state index is 10.9. The molecule has 0 amide bonds. The zero-order valence-corrected chi connectivity index (χ0v) is 12.1. The van der Waals surface area contributed by atoms with Crippen molar-refractivity contribution >= 4 is 17.6 Å². The van der Waals surface area contributed by atoms with Gasteiger partial charge < -0.3 is 19.1 Å². The van der Waals surface area contributed by atoms with E-state index in [4.69, 9.17) is 30.7 Å². The van der Waals surface area contributed by atoms with Crippen LogP contribution >= 0.6 is 11.6 Å². The van der Waals surface area contributed by atoms with Crippen molar-refractivity contribution in [3.63, 3.8) is 0 Å². The van der Waals surface area contributed by atoms with Gasteiger partial charge in [-0.3, -0.25) is 0 Å². The fourth-order valence-corrected chi connectivity index (χ4v) is 2.62. The summed E-state index contributed by atoms with van der Waals surface area (Å²) in [6.45, 7) is 4.09. The van der Waals surface area contributed by atoms with Gasteiger partial charge in [0.05, 0.1) is 5.02 Å². The van der Waals surface area contributed by atoms with Crippen molar-refractivity contribution in [1.29, 1.82) is 0 Å². The van der Waals surface area contributed by atoms with Crippen LogP contribution in [0.5, 0.6) is 11.5 Å². The molecular weight excluding hydrogens is 298 g/mol. The smallest absolute Gasteiger partial charge is 0.358 e. The molecule has 1 aliphatic heterocycles. The molecule has 0 saturated heterocycles. The molecule has 21 heavy (non-hydrogen) atoms. The number of hydrogen-bond donors (Lipinski definition) is 1. The lowest BCUT2D eigenvalue weighted by molar-refractivity contribution is 0.0686. The Morgan fingerprint density at radius 1 is 1.38 bits per heavy atom. The number of aromatic nitrogens is 1. The monoisotopic (exact) mass is 309 g/mol. The van der Waals surface area contributed by atoms with Gasteiger partial charge in [-0.15, -0.1) is 0 Å². The van der Waals surface area contributed by atoms with E-state index < -0.39 is 5.97 Å². The molecule has 2 aromatic rings. The van der Waals surface area contributed by atoms with Gasteiger partial charge in [0.2, 0.25) is 6.79 Å². The summed E-state index contributed by atoms with van der Waals surface area (Å²) in [5.74, 6) is 0.392. The number of carboxylic acid groups (broad SMARTS) is 1. The Bertz CT molecular complexity index is 722. The van der Waals surface area contributed by atoms with Gasteiger partial charge in [-0.1, -0.05) is 30.6 Å². The Kier molecular flexibility index (Phi) is 3.25. The van der Waals surface area contributed by atoms with E-state index in [0.717, 1.165) is 5.56 Å². The minimum Gasteiger partial charge on any atom is -0.476 e. The molecule has 0 fully saturated rings. The molecule has 0 aliphatic carbocycles. The van der Waals surface area contributed by atoms with Crippen molar-refractivity contribution in [2.45, 2.75) is 19.8 Å². The summed E-state index contributed by atoms with van der Waals surface area (Å²) in [6, 6.07) is 2.98. The quantitative estimate of drug-likeness (QED) is 0.933. The van der Waals surface area contributed by atoms with Gasteiger partial charge in [0.15, 0.2) is 23.0 Å². The molecule has 0 spiro atoms.